The number of hydrogen-bond donors (Lipinski definition) is 0. The van der Waals surface area contributed by atoms with Gasteiger partial charge in [-0.05, 0) is 73.3 Å². The molecule has 0 fully saturated rings. The molecule has 2 heteroatoms. The van der Waals surface area contributed by atoms with Gasteiger partial charge in [0, 0.05) is 28.7 Å². The molecule has 8 aromatic rings. The summed E-state index contributed by atoms with van der Waals surface area (Å²) in [7, 11) is 0. The SMILES string of the molecule is c1cc(-c2cccc3c2-c2ccccc2-c2ccccc2-c2ccccc2-3)cc(-c2cccc3c2oc2ccncc23)c1. The van der Waals surface area contributed by atoms with Gasteiger partial charge in [-0.25, -0.2) is 0 Å². The van der Waals surface area contributed by atoms with Crippen LogP contribution >= 0.6 is 0 Å². The topological polar surface area (TPSA) is 26.0 Å². The maximum atomic E-state index is 6.38. The van der Waals surface area contributed by atoms with E-state index in [1.807, 2.05) is 12.3 Å². The highest BCUT2D eigenvalue weighted by Crippen LogP contribution is 2.50. The van der Waals surface area contributed by atoms with E-state index >= 15 is 0 Å². The molecular formula is C41H25NO. The average molecular weight is 548 g/mol. The van der Waals surface area contributed by atoms with Crippen LogP contribution in [-0.2, 0) is 0 Å². The van der Waals surface area contributed by atoms with Crippen molar-refractivity contribution < 1.29 is 4.42 Å². The van der Waals surface area contributed by atoms with Gasteiger partial charge in [0.25, 0.3) is 0 Å². The van der Waals surface area contributed by atoms with Crippen LogP contribution in [0.4, 0.5) is 0 Å². The minimum absolute atomic E-state index is 0.855. The molecule has 0 radical (unpaired) electrons. The summed E-state index contributed by atoms with van der Waals surface area (Å²) in [6.07, 6.45) is 3.67. The Morgan fingerprint density at radius 2 is 0.907 bits per heavy atom. The molecule has 6 aromatic carbocycles. The lowest BCUT2D eigenvalue weighted by atomic mass is 9.78. The van der Waals surface area contributed by atoms with Gasteiger partial charge >= 0.3 is 0 Å². The van der Waals surface area contributed by atoms with E-state index in [9.17, 15) is 0 Å². The molecule has 0 aliphatic heterocycles. The summed E-state index contributed by atoms with van der Waals surface area (Å²) < 4.78 is 6.38. The van der Waals surface area contributed by atoms with Gasteiger partial charge in [-0.2, -0.15) is 0 Å². The predicted molar refractivity (Wildman–Crippen MR) is 178 cm³/mol. The molecule has 0 N–H and O–H groups in total. The molecule has 200 valence electrons. The molecule has 2 nitrogen and oxygen atoms in total. The molecule has 43 heavy (non-hydrogen) atoms. The maximum absolute atomic E-state index is 6.38. The van der Waals surface area contributed by atoms with Gasteiger partial charge in [-0.3, -0.25) is 4.98 Å². The van der Waals surface area contributed by atoms with Gasteiger partial charge in [-0.1, -0.05) is 127 Å². The van der Waals surface area contributed by atoms with Crippen molar-refractivity contribution in [2.24, 2.45) is 0 Å². The van der Waals surface area contributed by atoms with Crippen molar-refractivity contribution >= 4 is 21.9 Å². The van der Waals surface area contributed by atoms with E-state index in [0.717, 1.165) is 33.1 Å². The molecule has 0 amide bonds. The average Bonchev–Trinajstić information content (AvgIpc) is 3.46. The van der Waals surface area contributed by atoms with E-state index in [2.05, 4.69) is 138 Å². The quantitative estimate of drug-likeness (QED) is 0.215. The van der Waals surface area contributed by atoms with E-state index in [1.165, 1.54) is 55.6 Å². The Labute approximate surface area is 249 Å². The predicted octanol–water partition coefficient (Wildman–Crippen LogP) is 11.3. The fraction of sp³-hybridized carbons (Fsp3) is 0. The van der Waals surface area contributed by atoms with E-state index in [4.69, 9.17) is 4.42 Å². The minimum atomic E-state index is 0.855. The molecule has 0 bridgehead atoms. The van der Waals surface area contributed by atoms with Gasteiger partial charge in [0.2, 0.25) is 0 Å². The molecule has 1 aliphatic rings. The second kappa shape index (κ2) is 9.40. The zero-order chi connectivity index (χ0) is 28.3. The second-order valence-electron chi connectivity index (χ2n) is 11.1. The Morgan fingerprint density at radius 3 is 1.63 bits per heavy atom. The van der Waals surface area contributed by atoms with Crippen molar-refractivity contribution in [1.82, 2.24) is 4.98 Å². The number of benzene rings is 6. The molecular weight excluding hydrogens is 522 g/mol. The van der Waals surface area contributed by atoms with Crippen LogP contribution in [0.5, 0.6) is 0 Å². The van der Waals surface area contributed by atoms with Gasteiger partial charge in [-0.15, -0.1) is 0 Å². The highest BCUT2D eigenvalue weighted by molar-refractivity contribution is 6.10. The third kappa shape index (κ3) is 3.63. The summed E-state index contributed by atoms with van der Waals surface area (Å²) in [5.41, 5.74) is 16.3. The first-order valence-electron chi connectivity index (χ1n) is 14.6. The van der Waals surface area contributed by atoms with E-state index in [1.54, 1.807) is 6.20 Å². The Kier molecular flexibility index (Phi) is 5.23. The summed E-state index contributed by atoms with van der Waals surface area (Å²) in [5.74, 6) is 0. The largest absolute Gasteiger partial charge is 0.455 e. The number of pyridine rings is 1. The maximum Gasteiger partial charge on any atom is 0.143 e. The summed E-state index contributed by atoms with van der Waals surface area (Å²) in [6, 6.07) is 50.3. The summed E-state index contributed by atoms with van der Waals surface area (Å²) in [6.45, 7) is 0. The molecule has 0 saturated heterocycles. The number of rotatable bonds is 2. The normalized spacial score (nSPS) is 11.7. The smallest absolute Gasteiger partial charge is 0.143 e. The number of furan rings is 1. The number of nitrogens with zero attached hydrogens (tertiary/aromatic N) is 1. The molecule has 2 heterocycles. The summed E-state index contributed by atoms with van der Waals surface area (Å²) >= 11 is 0. The lowest BCUT2D eigenvalue weighted by Gasteiger charge is -2.25. The van der Waals surface area contributed by atoms with Crippen molar-refractivity contribution in [1.29, 1.82) is 0 Å². The van der Waals surface area contributed by atoms with Crippen molar-refractivity contribution in [3.63, 3.8) is 0 Å². The molecule has 2 aromatic heterocycles. The summed E-state index contributed by atoms with van der Waals surface area (Å²) in [4.78, 5) is 4.34. The van der Waals surface area contributed by atoms with Crippen molar-refractivity contribution in [3.8, 4) is 66.8 Å². The minimum Gasteiger partial charge on any atom is -0.455 e. The fourth-order valence-corrected chi connectivity index (χ4v) is 6.87. The zero-order valence-electron chi connectivity index (χ0n) is 23.3. The standard InChI is InChI=1S/C41H25NO/c1-2-13-31-30(12-1)32-14-3-4-15-34(32)36-20-8-18-28(40(36)35-17-6-5-16-33(31)35)26-10-7-11-27(24-26)29-19-9-21-37-38-25-42-23-22-39(38)43-41(29)37/h1-25H. The van der Waals surface area contributed by atoms with Crippen LogP contribution in [-0.4, -0.2) is 4.98 Å². The first-order chi connectivity index (χ1) is 21.3. The third-order valence-electron chi connectivity index (χ3n) is 8.77. The lowest BCUT2D eigenvalue weighted by molar-refractivity contribution is 0.669. The van der Waals surface area contributed by atoms with Crippen LogP contribution in [0.15, 0.2) is 156 Å². The molecule has 0 atom stereocenters. The Balaban J connectivity index is 1.31. The van der Waals surface area contributed by atoms with Crippen molar-refractivity contribution in [2.45, 2.75) is 0 Å². The van der Waals surface area contributed by atoms with Crippen LogP contribution in [0.25, 0.3) is 88.7 Å². The fourth-order valence-electron chi connectivity index (χ4n) is 6.87. The van der Waals surface area contributed by atoms with Crippen LogP contribution < -0.4 is 0 Å². The van der Waals surface area contributed by atoms with Gasteiger partial charge < -0.3 is 4.42 Å². The number of hydrogen-bond acceptors (Lipinski definition) is 2. The van der Waals surface area contributed by atoms with Gasteiger partial charge in [0.05, 0.1) is 0 Å². The monoisotopic (exact) mass is 547 g/mol. The summed E-state index contributed by atoms with van der Waals surface area (Å²) in [5, 5.41) is 2.12. The Hall–Kier alpha value is -5.73. The molecule has 9 rings (SSSR count). The number of para-hydroxylation sites is 1. The Bertz CT molecular complexity index is 2350. The highest BCUT2D eigenvalue weighted by Gasteiger charge is 2.24. The van der Waals surface area contributed by atoms with Crippen LogP contribution in [0.2, 0.25) is 0 Å². The first kappa shape index (κ1) is 23.9. The lowest BCUT2D eigenvalue weighted by Crippen LogP contribution is -1.98. The molecule has 0 unspecified atom stereocenters. The van der Waals surface area contributed by atoms with Crippen LogP contribution in [0.3, 0.4) is 0 Å². The third-order valence-corrected chi connectivity index (χ3v) is 8.77. The van der Waals surface area contributed by atoms with Crippen LogP contribution in [0.1, 0.15) is 0 Å². The van der Waals surface area contributed by atoms with E-state index in [-0.39, 0.29) is 0 Å². The number of fused-ring (bicyclic) bond motifs is 11. The Morgan fingerprint density at radius 1 is 0.395 bits per heavy atom. The van der Waals surface area contributed by atoms with E-state index < -0.39 is 0 Å². The highest BCUT2D eigenvalue weighted by atomic mass is 16.3. The number of aromatic nitrogens is 1. The zero-order valence-corrected chi connectivity index (χ0v) is 23.3. The van der Waals surface area contributed by atoms with Crippen molar-refractivity contribution in [2.75, 3.05) is 0 Å². The second-order valence-corrected chi connectivity index (χ2v) is 11.1. The first-order valence-corrected chi connectivity index (χ1v) is 14.6. The molecule has 0 spiro atoms. The van der Waals surface area contributed by atoms with Gasteiger partial charge in [0.1, 0.15) is 11.2 Å². The van der Waals surface area contributed by atoms with Crippen LogP contribution in [0, 0.1) is 0 Å². The molecule has 1 aliphatic carbocycles. The van der Waals surface area contributed by atoms with E-state index in [0.29, 0.717) is 0 Å². The van der Waals surface area contributed by atoms with Gasteiger partial charge in [0.15, 0.2) is 0 Å². The molecule has 0 saturated carbocycles. The van der Waals surface area contributed by atoms with Crippen molar-refractivity contribution in [3.05, 3.63) is 152 Å².